The molecule has 0 bridgehead atoms. The van der Waals surface area contributed by atoms with E-state index in [2.05, 4.69) is 12.2 Å². The van der Waals surface area contributed by atoms with Crippen LogP contribution in [-0.4, -0.2) is 24.2 Å². The van der Waals surface area contributed by atoms with Crippen LogP contribution in [0.15, 0.2) is 0 Å². The zero-order chi connectivity index (χ0) is 13.7. The standard InChI is InChI=1S/C16H29NO2/c1-3-13-9-8-12-16(13,15(18)19-4-2)17-14-10-6-5-7-11-14/h13-14,17H,3-12H2,1-2H3. The van der Waals surface area contributed by atoms with Gasteiger partial charge >= 0.3 is 5.97 Å². The van der Waals surface area contributed by atoms with Crippen molar-refractivity contribution in [3.05, 3.63) is 0 Å². The van der Waals surface area contributed by atoms with Crippen molar-refractivity contribution in [2.45, 2.75) is 83.2 Å². The van der Waals surface area contributed by atoms with Gasteiger partial charge in [0, 0.05) is 6.04 Å². The lowest BCUT2D eigenvalue weighted by Crippen LogP contribution is -2.59. The molecule has 3 heteroatoms. The number of carbonyl (C=O) groups excluding carboxylic acids is 1. The molecule has 0 heterocycles. The Morgan fingerprint density at radius 1 is 1.16 bits per heavy atom. The van der Waals surface area contributed by atoms with Gasteiger partial charge < -0.3 is 4.74 Å². The third kappa shape index (κ3) is 3.13. The Bertz CT molecular complexity index is 299. The summed E-state index contributed by atoms with van der Waals surface area (Å²) in [6, 6.07) is 0.519. The predicted molar refractivity (Wildman–Crippen MR) is 77.0 cm³/mol. The molecule has 2 atom stereocenters. The van der Waals surface area contributed by atoms with Gasteiger partial charge in [0.05, 0.1) is 6.61 Å². The van der Waals surface area contributed by atoms with Gasteiger partial charge in [0.15, 0.2) is 0 Å². The number of hydrogen-bond acceptors (Lipinski definition) is 3. The lowest BCUT2D eigenvalue weighted by Gasteiger charge is -2.38. The SMILES string of the molecule is CCOC(=O)C1(NC2CCCCC2)CCCC1CC. The normalized spacial score (nSPS) is 32.4. The van der Waals surface area contributed by atoms with Crippen LogP contribution >= 0.6 is 0 Å². The molecule has 2 rings (SSSR count). The van der Waals surface area contributed by atoms with Gasteiger partial charge in [-0.15, -0.1) is 0 Å². The second kappa shape index (κ2) is 6.74. The number of esters is 1. The van der Waals surface area contributed by atoms with Crippen LogP contribution in [0.25, 0.3) is 0 Å². The van der Waals surface area contributed by atoms with Crippen LogP contribution in [0.3, 0.4) is 0 Å². The Balaban J connectivity index is 2.11. The summed E-state index contributed by atoms with van der Waals surface area (Å²) >= 11 is 0. The highest BCUT2D eigenvalue weighted by Crippen LogP contribution is 2.40. The first-order valence-electron chi connectivity index (χ1n) is 8.18. The largest absolute Gasteiger partial charge is 0.465 e. The van der Waals surface area contributed by atoms with Gasteiger partial charge in [0.25, 0.3) is 0 Å². The fraction of sp³-hybridized carbons (Fsp3) is 0.938. The minimum atomic E-state index is -0.382. The molecule has 0 aliphatic heterocycles. The van der Waals surface area contributed by atoms with Crippen LogP contribution in [0.5, 0.6) is 0 Å². The van der Waals surface area contributed by atoms with Gasteiger partial charge in [-0.3, -0.25) is 10.1 Å². The molecule has 2 saturated carbocycles. The first-order chi connectivity index (χ1) is 9.23. The van der Waals surface area contributed by atoms with E-state index in [-0.39, 0.29) is 11.5 Å². The molecular formula is C16H29NO2. The molecule has 0 radical (unpaired) electrons. The first-order valence-corrected chi connectivity index (χ1v) is 8.18. The Labute approximate surface area is 117 Å². The minimum Gasteiger partial charge on any atom is -0.465 e. The number of rotatable bonds is 5. The van der Waals surface area contributed by atoms with E-state index in [1.165, 1.54) is 32.1 Å². The average molecular weight is 267 g/mol. The molecule has 1 N–H and O–H groups in total. The van der Waals surface area contributed by atoms with Crippen molar-refractivity contribution in [1.29, 1.82) is 0 Å². The van der Waals surface area contributed by atoms with Gasteiger partial charge in [0.1, 0.15) is 5.54 Å². The maximum absolute atomic E-state index is 12.5. The van der Waals surface area contributed by atoms with Gasteiger partial charge in [-0.2, -0.15) is 0 Å². The molecule has 0 amide bonds. The van der Waals surface area contributed by atoms with Crippen molar-refractivity contribution in [2.75, 3.05) is 6.61 Å². The van der Waals surface area contributed by atoms with E-state index in [0.29, 0.717) is 18.6 Å². The van der Waals surface area contributed by atoms with Crippen molar-refractivity contribution >= 4 is 5.97 Å². The zero-order valence-corrected chi connectivity index (χ0v) is 12.5. The Hall–Kier alpha value is -0.570. The van der Waals surface area contributed by atoms with Crippen LogP contribution in [0, 0.1) is 5.92 Å². The molecule has 0 saturated heterocycles. The van der Waals surface area contributed by atoms with Gasteiger partial charge in [-0.25, -0.2) is 0 Å². The third-order valence-electron chi connectivity index (χ3n) is 5.02. The topological polar surface area (TPSA) is 38.3 Å². The van der Waals surface area contributed by atoms with Crippen LogP contribution in [0.2, 0.25) is 0 Å². The highest BCUT2D eigenvalue weighted by atomic mass is 16.5. The molecule has 2 aliphatic rings. The number of hydrogen-bond donors (Lipinski definition) is 1. The second-order valence-corrected chi connectivity index (χ2v) is 6.17. The zero-order valence-electron chi connectivity index (χ0n) is 12.5. The molecule has 2 aliphatic carbocycles. The van der Waals surface area contributed by atoms with E-state index in [0.717, 1.165) is 25.7 Å². The lowest BCUT2D eigenvalue weighted by atomic mass is 9.82. The van der Waals surface area contributed by atoms with Crippen molar-refractivity contribution in [1.82, 2.24) is 5.32 Å². The lowest BCUT2D eigenvalue weighted by molar-refractivity contribution is -0.153. The van der Waals surface area contributed by atoms with Crippen molar-refractivity contribution in [3.63, 3.8) is 0 Å². The summed E-state index contributed by atoms with van der Waals surface area (Å²) in [4.78, 5) is 12.5. The fourth-order valence-electron chi connectivity index (χ4n) is 4.02. The summed E-state index contributed by atoms with van der Waals surface area (Å²) in [5.74, 6) is 0.457. The molecule has 2 fully saturated rings. The smallest absolute Gasteiger partial charge is 0.326 e. The van der Waals surface area contributed by atoms with Crippen LogP contribution in [0.4, 0.5) is 0 Å². The summed E-state index contributed by atoms with van der Waals surface area (Å²) in [5.41, 5.74) is -0.382. The van der Waals surface area contributed by atoms with Crippen LogP contribution in [-0.2, 0) is 9.53 Å². The van der Waals surface area contributed by atoms with Gasteiger partial charge in [0.2, 0.25) is 0 Å². The summed E-state index contributed by atoms with van der Waals surface area (Å²) in [6.07, 6.45) is 10.7. The average Bonchev–Trinajstić information content (AvgIpc) is 2.84. The van der Waals surface area contributed by atoms with Gasteiger partial charge in [-0.05, 0) is 38.5 Å². The van der Waals surface area contributed by atoms with Crippen LogP contribution in [0.1, 0.15) is 71.6 Å². The van der Waals surface area contributed by atoms with E-state index in [9.17, 15) is 4.79 Å². The number of carbonyl (C=O) groups is 1. The molecule has 0 spiro atoms. The van der Waals surface area contributed by atoms with E-state index >= 15 is 0 Å². The monoisotopic (exact) mass is 267 g/mol. The van der Waals surface area contributed by atoms with Crippen molar-refractivity contribution in [2.24, 2.45) is 5.92 Å². The summed E-state index contributed by atoms with van der Waals surface area (Å²) in [7, 11) is 0. The van der Waals surface area contributed by atoms with E-state index in [1.807, 2.05) is 6.92 Å². The van der Waals surface area contributed by atoms with Gasteiger partial charge in [-0.1, -0.05) is 39.0 Å². The van der Waals surface area contributed by atoms with E-state index < -0.39 is 0 Å². The first kappa shape index (κ1) is 14.8. The van der Waals surface area contributed by atoms with E-state index in [1.54, 1.807) is 0 Å². The molecule has 0 aromatic heterocycles. The number of ether oxygens (including phenoxy) is 1. The predicted octanol–water partition coefficient (Wildman–Crippen LogP) is 3.42. The Kier molecular flexibility index (Phi) is 5.26. The molecule has 2 unspecified atom stereocenters. The van der Waals surface area contributed by atoms with E-state index in [4.69, 9.17) is 4.74 Å². The third-order valence-corrected chi connectivity index (χ3v) is 5.02. The van der Waals surface area contributed by atoms with Crippen molar-refractivity contribution < 1.29 is 9.53 Å². The molecule has 0 aromatic carbocycles. The quantitative estimate of drug-likeness (QED) is 0.776. The number of nitrogens with one attached hydrogen (secondary N) is 1. The Morgan fingerprint density at radius 2 is 1.89 bits per heavy atom. The highest BCUT2D eigenvalue weighted by Gasteiger charge is 2.50. The molecule has 0 aromatic rings. The maximum Gasteiger partial charge on any atom is 0.326 e. The second-order valence-electron chi connectivity index (χ2n) is 6.17. The molecule has 19 heavy (non-hydrogen) atoms. The summed E-state index contributed by atoms with van der Waals surface area (Å²) < 4.78 is 5.40. The molecular weight excluding hydrogens is 238 g/mol. The maximum atomic E-state index is 12.5. The molecule has 3 nitrogen and oxygen atoms in total. The van der Waals surface area contributed by atoms with Crippen LogP contribution < -0.4 is 5.32 Å². The minimum absolute atomic E-state index is 0.00456. The fourth-order valence-corrected chi connectivity index (χ4v) is 4.02. The summed E-state index contributed by atoms with van der Waals surface area (Å²) in [5, 5.41) is 3.74. The van der Waals surface area contributed by atoms with Crippen molar-refractivity contribution in [3.8, 4) is 0 Å². The Morgan fingerprint density at radius 3 is 2.53 bits per heavy atom. The summed E-state index contributed by atoms with van der Waals surface area (Å²) in [6.45, 7) is 4.60. The highest BCUT2D eigenvalue weighted by molar-refractivity contribution is 5.82. The molecule has 110 valence electrons.